The summed E-state index contributed by atoms with van der Waals surface area (Å²) in [5.74, 6) is 0. The molecule has 0 aromatic rings. The zero-order valence-corrected chi connectivity index (χ0v) is 7.37. The van der Waals surface area contributed by atoms with E-state index in [0.717, 1.165) is 0 Å². The van der Waals surface area contributed by atoms with Crippen LogP contribution in [0.4, 0.5) is 0 Å². The van der Waals surface area contributed by atoms with Crippen molar-refractivity contribution in [3.8, 4) is 0 Å². The third-order valence-corrected chi connectivity index (χ3v) is 0. The molecule has 0 fully saturated rings. The van der Waals surface area contributed by atoms with Gasteiger partial charge in [0.1, 0.15) is 0 Å². The molecule has 0 saturated carbocycles. The molecule has 4 heavy (non-hydrogen) atoms. The quantitative estimate of drug-likeness (QED) is 0.359. The molecule has 0 amide bonds. The van der Waals surface area contributed by atoms with Gasteiger partial charge in [-0.05, 0) is 0 Å². The standard InChI is InChI=1S/Ca.Fe.K.H3Si.H/h;;;1H3;. The van der Waals surface area contributed by atoms with Crippen LogP contribution in [-0.4, -0.2) is 86.6 Å². The van der Waals surface area contributed by atoms with Crippen molar-refractivity contribution in [3.63, 3.8) is 0 Å². The Kier molecular flexibility index (Phi) is 25.9. The van der Waals surface area contributed by atoms with Crippen LogP contribution in [0.25, 0.3) is 0 Å². The fourth-order valence-corrected chi connectivity index (χ4v) is 0. The average molecular weight is 167 g/mol. The Hall–Kier alpha value is 3.63. The van der Waals surface area contributed by atoms with Gasteiger partial charge in [0, 0.05) is 0 Å². The molecule has 0 atom stereocenters. The van der Waals surface area contributed by atoms with Crippen LogP contribution < -0.4 is 0 Å². The van der Waals surface area contributed by atoms with Gasteiger partial charge >= 0.3 is 96.4 Å². The van der Waals surface area contributed by atoms with Crippen molar-refractivity contribution in [2.45, 2.75) is 0 Å². The van der Waals surface area contributed by atoms with Gasteiger partial charge in [0.2, 0.25) is 0 Å². The van der Waals surface area contributed by atoms with E-state index in [2.05, 4.69) is 9.76 Å². The summed E-state index contributed by atoms with van der Waals surface area (Å²) in [5.41, 5.74) is 0. The molecule has 0 aromatic carbocycles. The summed E-state index contributed by atoms with van der Waals surface area (Å²) in [6.07, 6.45) is 0. The van der Waals surface area contributed by atoms with Crippen molar-refractivity contribution in [1.82, 2.24) is 0 Å². The average Bonchev–Trinajstić information content (AvgIpc) is 0.918. The van der Waals surface area contributed by atoms with E-state index < -0.39 is 0 Å². The first kappa shape index (κ1) is 10.6. The summed E-state index contributed by atoms with van der Waals surface area (Å²) in [6, 6.07) is 0. The molecule has 19 valence electrons. The first-order chi connectivity index (χ1) is 1.41. The first-order valence-electron chi connectivity index (χ1n) is 0.957. The number of hydrogen-bond acceptors (Lipinski definition) is 0. The zero-order valence-electron chi connectivity index (χ0n) is 2.06. The van der Waals surface area contributed by atoms with E-state index in [9.17, 15) is 0 Å². The van der Waals surface area contributed by atoms with E-state index in [1.807, 2.05) is 0 Å². The van der Waals surface area contributed by atoms with Crippen molar-refractivity contribution in [2.75, 3.05) is 0 Å². The molecule has 0 aliphatic carbocycles. The summed E-state index contributed by atoms with van der Waals surface area (Å²) >= 11 is 0.0139. The molecule has 0 aliphatic rings. The molecule has 0 radical (unpaired) electrons. The predicted molar refractivity (Wildman–Crippen MR) is 22.8 cm³/mol. The van der Waals surface area contributed by atoms with Gasteiger partial charge in [0.25, 0.3) is 0 Å². The SMILES string of the molecule is [KH].[SiH3][Ca][Fe]. The third-order valence-electron chi connectivity index (χ3n) is 0. The van der Waals surface area contributed by atoms with Crippen LogP contribution in [0.15, 0.2) is 0 Å². The second-order valence-corrected chi connectivity index (χ2v) is 12.7. The van der Waals surface area contributed by atoms with Gasteiger partial charge in [-0.1, -0.05) is 0 Å². The van der Waals surface area contributed by atoms with Crippen LogP contribution in [0.3, 0.4) is 0 Å². The fourth-order valence-electron chi connectivity index (χ4n) is 0. The second kappa shape index (κ2) is 9.81. The normalized spacial score (nSPS) is 3.25. The Bertz CT molecular complexity index is 8.00. The summed E-state index contributed by atoms with van der Waals surface area (Å²) in [7, 11) is 3.74. The molecule has 0 aromatic heterocycles. The van der Waals surface area contributed by atoms with Crippen molar-refractivity contribution >= 4 is 86.6 Å². The molecule has 0 aliphatic heterocycles. The first-order valence-corrected chi connectivity index (χ1v) is 13.0. The zero-order chi connectivity index (χ0) is 2.71. The molecule has 0 N–H and O–H groups in total. The van der Waals surface area contributed by atoms with Crippen LogP contribution >= 0.6 is 0 Å². The minimum absolute atomic E-state index is 0. The van der Waals surface area contributed by atoms with E-state index in [-0.39, 0.29) is 81.2 Å². The van der Waals surface area contributed by atoms with Gasteiger partial charge in [-0.3, -0.25) is 0 Å². The van der Waals surface area contributed by atoms with Crippen LogP contribution in [0.2, 0.25) is 0 Å². The second-order valence-electron chi connectivity index (χ2n) is 0.250. The molecular formula is H4CaFeKSi. The molecule has 0 unspecified atom stereocenters. The molecular weight excluding hydrogens is 163 g/mol. The minimum atomic E-state index is 0. The molecule has 0 nitrogen and oxygen atoms in total. The van der Waals surface area contributed by atoms with Crippen molar-refractivity contribution in [2.24, 2.45) is 0 Å². The Morgan fingerprint density at radius 1 is 1.75 bits per heavy atom. The van der Waals surface area contributed by atoms with Gasteiger partial charge in [0.05, 0.1) is 0 Å². The molecule has 0 saturated heterocycles. The van der Waals surface area contributed by atoms with Gasteiger partial charge in [-0.25, -0.2) is 0 Å². The van der Waals surface area contributed by atoms with E-state index in [1.54, 1.807) is 0 Å². The molecule has 0 spiro atoms. The van der Waals surface area contributed by atoms with Crippen LogP contribution in [0.5, 0.6) is 0 Å². The fraction of sp³-hybridized carbons (Fsp3) is 0. The van der Waals surface area contributed by atoms with Gasteiger partial charge in [-0.2, -0.15) is 0 Å². The maximum atomic E-state index is 3.74. The predicted octanol–water partition coefficient (Wildman–Crippen LogP) is -2.22. The summed E-state index contributed by atoms with van der Waals surface area (Å²) < 4.78 is 0. The molecule has 0 heterocycles. The summed E-state index contributed by atoms with van der Waals surface area (Å²) in [4.78, 5) is 0. The molecule has 0 rings (SSSR count). The van der Waals surface area contributed by atoms with Crippen molar-refractivity contribution < 1.29 is 9.76 Å². The summed E-state index contributed by atoms with van der Waals surface area (Å²) in [5, 5.41) is 1.45. The Labute approximate surface area is 93.0 Å². The number of rotatable bonds is 0. The topological polar surface area (TPSA) is 0 Å². The van der Waals surface area contributed by atoms with Crippen LogP contribution in [-0.2, 0) is 9.76 Å². The van der Waals surface area contributed by atoms with E-state index in [1.165, 1.54) is 5.38 Å². The maximum absolute atomic E-state index is 3.74. The van der Waals surface area contributed by atoms with Gasteiger partial charge < -0.3 is 0 Å². The Balaban J connectivity index is 0. The Morgan fingerprint density at radius 2 is 1.75 bits per heavy atom. The van der Waals surface area contributed by atoms with Gasteiger partial charge in [-0.15, -0.1) is 0 Å². The van der Waals surface area contributed by atoms with Crippen LogP contribution in [0, 0.1) is 0 Å². The molecule has 4 heteroatoms. The van der Waals surface area contributed by atoms with E-state index in [0.29, 0.717) is 0 Å². The Morgan fingerprint density at radius 3 is 1.75 bits per heavy atom. The van der Waals surface area contributed by atoms with Crippen LogP contribution in [0.1, 0.15) is 0 Å². The summed E-state index contributed by atoms with van der Waals surface area (Å²) in [6.45, 7) is 0. The third kappa shape index (κ3) is 9.16. The van der Waals surface area contributed by atoms with Gasteiger partial charge in [0.15, 0.2) is 0 Å². The van der Waals surface area contributed by atoms with E-state index in [4.69, 9.17) is 0 Å². The van der Waals surface area contributed by atoms with Crippen molar-refractivity contribution in [3.05, 3.63) is 0 Å². The van der Waals surface area contributed by atoms with Crippen molar-refractivity contribution in [1.29, 1.82) is 0 Å². The monoisotopic (exact) mass is 167 g/mol. The molecule has 0 bridgehead atoms. The number of hydrogen-bond donors (Lipinski definition) is 0. The van der Waals surface area contributed by atoms with E-state index >= 15 is 0 Å².